The predicted octanol–water partition coefficient (Wildman–Crippen LogP) is -2.82. The van der Waals surface area contributed by atoms with Crippen molar-refractivity contribution in [1.29, 1.82) is 0 Å². The van der Waals surface area contributed by atoms with Crippen molar-refractivity contribution in [3.63, 3.8) is 0 Å². The van der Waals surface area contributed by atoms with Crippen LogP contribution in [0.4, 0.5) is 0 Å². The molecule has 0 aromatic rings. The smallest absolute Gasteiger partial charge is 0.543 e. The van der Waals surface area contributed by atoms with Gasteiger partial charge < -0.3 is 20.1 Å². The zero-order chi connectivity index (χ0) is 15.7. The third-order valence-corrected chi connectivity index (χ3v) is 4.56. The van der Waals surface area contributed by atoms with Gasteiger partial charge in [-0.1, -0.05) is 25.6 Å². The first kappa shape index (κ1) is 19.3. The maximum atomic E-state index is 12.1. The molecule has 0 aliphatic carbocycles. The van der Waals surface area contributed by atoms with Crippen LogP contribution in [0.25, 0.3) is 0 Å². The second kappa shape index (κ2) is 7.68. The molecule has 8 heteroatoms. The van der Waals surface area contributed by atoms with Gasteiger partial charge in [-0.15, -0.1) is 0 Å². The average molecular weight is 332 g/mol. The van der Waals surface area contributed by atoms with Crippen LogP contribution >= 0.6 is 11.8 Å². The van der Waals surface area contributed by atoms with E-state index in [-0.39, 0.29) is 64.9 Å². The number of carboxylic acid groups (broad SMARTS) is 1. The molecule has 2 unspecified atom stereocenters. The molecule has 2 rings (SSSR count). The fraction of sp³-hybridized carbons (Fsp3) is 0.500. The minimum atomic E-state index is -1.33. The largest absolute Gasteiger partial charge is 1.00 e. The first-order valence-corrected chi connectivity index (χ1v) is 7.59. The molecule has 1 saturated heterocycles. The molecule has 1 fully saturated rings. The van der Waals surface area contributed by atoms with E-state index in [1.54, 1.807) is 5.41 Å². The molecule has 0 bridgehead atoms. The molecule has 2 atom stereocenters. The summed E-state index contributed by atoms with van der Waals surface area (Å²) in [6.07, 6.45) is 1.97. The Hall–Kier alpha value is -0.760. The number of nitrogens with one attached hydrogen (secondary N) is 1. The molecular formula is C14H17N2NaO4S. The molecule has 0 radical (unpaired) electrons. The normalized spacial score (nSPS) is 23.5. The maximum absolute atomic E-state index is 12.1. The first-order chi connectivity index (χ1) is 9.84. The van der Waals surface area contributed by atoms with Crippen molar-refractivity contribution in [3.8, 4) is 0 Å². The van der Waals surface area contributed by atoms with Crippen LogP contribution in [0.2, 0.25) is 0 Å². The molecule has 2 amide bonds. The van der Waals surface area contributed by atoms with Gasteiger partial charge in [0.05, 0.1) is 23.6 Å². The predicted molar refractivity (Wildman–Crippen MR) is 76.2 cm³/mol. The third kappa shape index (κ3) is 3.59. The first-order valence-electron chi connectivity index (χ1n) is 6.71. The van der Waals surface area contributed by atoms with Crippen molar-refractivity contribution in [2.45, 2.75) is 33.2 Å². The number of amides is 2. The van der Waals surface area contributed by atoms with E-state index in [1.165, 1.54) is 29.8 Å². The fourth-order valence-electron chi connectivity index (χ4n) is 2.80. The number of carboxylic acids is 1. The Kier molecular flexibility index (Phi) is 6.73. The quantitative estimate of drug-likeness (QED) is 0.433. The van der Waals surface area contributed by atoms with Gasteiger partial charge in [0.2, 0.25) is 11.8 Å². The van der Waals surface area contributed by atoms with Crippen LogP contribution in [0.3, 0.4) is 0 Å². The van der Waals surface area contributed by atoms with E-state index >= 15 is 0 Å². The Balaban J connectivity index is 0.00000242. The topological polar surface area (TPSA) is 89.5 Å². The minimum Gasteiger partial charge on any atom is -0.543 e. The van der Waals surface area contributed by atoms with Crippen LogP contribution in [0.1, 0.15) is 27.2 Å². The maximum Gasteiger partial charge on any atom is 1.00 e. The van der Waals surface area contributed by atoms with E-state index in [4.69, 9.17) is 0 Å². The van der Waals surface area contributed by atoms with Crippen LogP contribution in [0.15, 0.2) is 22.2 Å². The minimum absolute atomic E-state index is 0. The Morgan fingerprint density at radius 2 is 2.09 bits per heavy atom. The number of thioether (sulfide) groups is 1. The summed E-state index contributed by atoms with van der Waals surface area (Å²) in [6.45, 7) is 5.30. The van der Waals surface area contributed by atoms with Crippen molar-refractivity contribution in [3.05, 3.63) is 22.2 Å². The van der Waals surface area contributed by atoms with E-state index in [1.807, 2.05) is 13.8 Å². The van der Waals surface area contributed by atoms with Crippen molar-refractivity contribution in [2.24, 2.45) is 11.8 Å². The number of fused-ring (bicyclic) bond motifs is 1. The Morgan fingerprint density at radius 3 is 2.59 bits per heavy atom. The molecule has 2 aliphatic heterocycles. The van der Waals surface area contributed by atoms with Gasteiger partial charge in [-0.05, 0) is 11.3 Å². The summed E-state index contributed by atoms with van der Waals surface area (Å²) in [7, 11) is 0. The summed E-state index contributed by atoms with van der Waals surface area (Å²) in [5, 5.41) is 15.4. The molecule has 6 nitrogen and oxygen atoms in total. The van der Waals surface area contributed by atoms with Gasteiger partial charge in [-0.3, -0.25) is 9.59 Å². The molecule has 22 heavy (non-hydrogen) atoms. The standard InChI is InChI=1S/C14H18N2O4S.Na/c1-7(2)11-9-6-10(21-5-4-15-8(3)17)12(14(19)20)16(9)13(11)18;/h4-5,7,9,11H,6H2,1-3H3,(H,15,17)(H,19,20);/q;+1/p-1. The SMILES string of the molecule is CC(=O)NC=CSC1=C(C(=O)[O-])N2C(=O)C(C(C)C)C2C1.[Na+]. The van der Waals surface area contributed by atoms with E-state index in [0.29, 0.717) is 11.3 Å². The van der Waals surface area contributed by atoms with Crippen molar-refractivity contribution < 1.29 is 49.0 Å². The Bertz CT molecular complexity index is 559. The molecule has 0 spiro atoms. The second-order valence-corrected chi connectivity index (χ2v) is 6.43. The number of carbonyl (C=O) groups excluding carboxylic acids is 3. The number of carbonyl (C=O) groups is 3. The Labute approximate surface area is 155 Å². The molecule has 0 aromatic heterocycles. The van der Waals surface area contributed by atoms with E-state index in [9.17, 15) is 19.5 Å². The molecule has 114 valence electrons. The van der Waals surface area contributed by atoms with Crippen molar-refractivity contribution in [2.75, 3.05) is 0 Å². The van der Waals surface area contributed by atoms with Gasteiger partial charge >= 0.3 is 29.6 Å². The van der Waals surface area contributed by atoms with Crippen LogP contribution < -0.4 is 40.0 Å². The van der Waals surface area contributed by atoms with Gasteiger partial charge in [0.1, 0.15) is 0 Å². The summed E-state index contributed by atoms with van der Waals surface area (Å²) < 4.78 is 0. The molecule has 2 aliphatic rings. The van der Waals surface area contributed by atoms with Crippen molar-refractivity contribution in [1.82, 2.24) is 10.2 Å². The monoisotopic (exact) mass is 332 g/mol. The molecule has 0 aromatic carbocycles. The van der Waals surface area contributed by atoms with Gasteiger partial charge in [0.15, 0.2) is 0 Å². The molecular weight excluding hydrogens is 315 g/mol. The summed E-state index contributed by atoms with van der Waals surface area (Å²) in [6, 6.07) is -0.0814. The molecule has 1 N–H and O–H groups in total. The number of rotatable bonds is 5. The number of hydrogen-bond donors (Lipinski definition) is 1. The Morgan fingerprint density at radius 1 is 1.45 bits per heavy atom. The second-order valence-electron chi connectivity index (χ2n) is 5.43. The van der Waals surface area contributed by atoms with Crippen LogP contribution in [0.5, 0.6) is 0 Å². The number of aliphatic carboxylic acids is 1. The molecule has 0 saturated carbocycles. The van der Waals surface area contributed by atoms with Crippen LogP contribution in [-0.2, 0) is 14.4 Å². The van der Waals surface area contributed by atoms with Gasteiger partial charge in [-0.2, -0.15) is 0 Å². The summed E-state index contributed by atoms with van der Waals surface area (Å²) in [4.78, 5) is 36.1. The fourth-order valence-corrected chi connectivity index (χ4v) is 3.66. The number of nitrogens with zero attached hydrogens (tertiary/aromatic N) is 1. The third-order valence-electron chi connectivity index (χ3n) is 3.64. The summed E-state index contributed by atoms with van der Waals surface area (Å²) in [5.74, 6) is -1.62. The van der Waals surface area contributed by atoms with E-state index in [0.717, 1.165) is 0 Å². The number of hydrogen-bond acceptors (Lipinski definition) is 5. The zero-order valence-electron chi connectivity index (χ0n) is 13.1. The van der Waals surface area contributed by atoms with Gasteiger partial charge in [0.25, 0.3) is 0 Å². The summed E-state index contributed by atoms with van der Waals surface area (Å²) >= 11 is 1.20. The van der Waals surface area contributed by atoms with E-state index in [2.05, 4.69) is 5.32 Å². The van der Waals surface area contributed by atoms with E-state index < -0.39 is 5.97 Å². The van der Waals surface area contributed by atoms with Gasteiger partial charge in [0, 0.05) is 24.4 Å². The average Bonchev–Trinajstić information content (AvgIpc) is 2.68. The van der Waals surface area contributed by atoms with Crippen LogP contribution in [0, 0.1) is 11.8 Å². The van der Waals surface area contributed by atoms with Gasteiger partial charge in [-0.25, -0.2) is 0 Å². The molecule has 2 heterocycles. The zero-order valence-corrected chi connectivity index (χ0v) is 15.9. The summed E-state index contributed by atoms with van der Waals surface area (Å²) in [5.41, 5.74) is -0.0284. The van der Waals surface area contributed by atoms with Crippen LogP contribution in [-0.4, -0.2) is 28.7 Å². The van der Waals surface area contributed by atoms with Crippen molar-refractivity contribution >= 4 is 29.5 Å². The number of β-lactam (4-membered cyclic amide) rings is 1.